The lowest BCUT2D eigenvalue weighted by atomic mass is 10.2. The van der Waals surface area contributed by atoms with Crippen LogP contribution in [0.25, 0.3) is 0 Å². The Labute approximate surface area is 138 Å². The van der Waals surface area contributed by atoms with E-state index in [0.29, 0.717) is 0 Å². The SMILES string of the molecule is Clc1ccccc1CNCCCN1CCOCC1.[Cl-].[Cl-]. The van der Waals surface area contributed by atoms with Gasteiger partial charge in [-0.1, -0.05) is 29.8 Å². The van der Waals surface area contributed by atoms with Gasteiger partial charge >= 0.3 is 0 Å². The highest BCUT2D eigenvalue weighted by molar-refractivity contribution is 6.31. The topological polar surface area (TPSA) is 24.5 Å². The van der Waals surface area contributed by atoms with Crippen LogP contribution < -0.4 is 30.1 Å². The first-order valence-corrected chi connectivity index (χ1v) is 6.98. The third-order valence-corrected chi connectivity index (χ3v) is 3.57. The summed E-state index contributed by atoms with van der Waals surface area (Å²) in [5.74, 6) is 0. The van der Waals surface area contributed by atoms with Crippen LogP contribution in [0.2, 0.25) is 5.02 Å². The maximum atomic E-state index is 6.10. The molecule has 0 saturated carbocycles. The number of ether oxygens (including phenoxy) is 1. The Hall–Kier alpha value is -0.0300. The molecule has 0 spiro atoms. The lowest BCUT2D eigenvalue weighted by molar-refractivity contribution is -0.00100. The van der Waals surface area contributed by atoms with Crippen LogP contribution >= 0.6 is 11.6 Å². The fourth-order valence-electron chi connectivity index (χ4n) is 2.12. The number of halogens is 3. The highest BCUT2D eigenvalue weighted by Gasteiger charge is 2.08. The van der Waals surface area contributed by atoms with E-state index in [9.17, 15) is 0 Å². The van der Waals surface area contributed by atoms with Gasteiger partial charge in [0.05, 0.1) is 13.2 Å². The zero-order valence-electron chi connectivity index (χ0n) is 11.5. The average molecular weight is 340 g/mol. The lowest BCUT2D eigenvalue weighted by Gasteiger charge is -2.26. The summed E-state index contributed by atoms with van der Waals surface area (Å²) in [6, 6.07) is 7.99. The van der Waals surface area contributed by atoms with Crippen LogP contribution in [0.3, 0.4) is 0 Å². The van der Waals surface area contributed by atoms with Gasteiger partial charge in [0.1, 0.15) is 0 Å². The second-order valence-electron chi connectivity index (χ2n) is 4.58. The van der Waals surface area contributed by atoms with E-state index < -0.39 is 0 Å². The lowest BCUT2D eigenvalue weighted by Crippen LogP contribution is -3.00. The van der Waals surface area contributed by atoms with Crippen molar-refractivity contribution in [3.05, 3.63) is 34.9 Å². The molecule has 1 aliphatic rings. The molecular formula is C14H21Cl3N2O-2. The van der Waals surface area contributed by atoms with Gasteiger partial charge in [0.15, 0.2) is 0 Å². The van der Waals surface area contributed by atoms with Crippen molar-refractivity contribution in [2.45, 2.75) is 13.0 Å². The zero-order valence-corrected chi connectivity index (χ0v) is 13.7. The maximum absolute atomic E-state index is 6.10. The molecule has 1 saturated heterocycles. The van der Waals surface area contributed by atoms with E-state index in [1.165, 1.54) is 12.0 Å². The summed E-state index contributed by atoms with van der Waals surface area (Å²) in [5, 5.41) is 4.29. The molecule has 0 bridgehead atoms. The van der Waals surface area contributed by atoms with E-state index in [1.54, 1.807) is 0 Å². The summed E-state index contributed by atoms with van der Waals surface area (Å²) >= 11 is 6.10. The molecule has 1 aromatic carbocycles. The van der Waals surface area contributed by atoms with Crippen LogP contribution in [0.4, 0.5) is 0 Å². The Morgan fingerprint density at radius 2 is 1.85 bits per heavy atom. The van der Waals surface area contributed by atoms with Gasteiger partial charge in [0.25, 0.3) is 0 Å². The predicted octanol–water partition coefficient (Wildman–Crippen LogP) is -3.84. The second-order valence-corrected chi connectivity index (χ2v) is 4.98. The van der Waals surface area contributed by atoms with Crippen molar-refractivity contribution < 1.29 is 29.6 Å². The summed E-state index contributed by atoms with van der Waals surface area (Å²) < 4.78 is 5.33. The first-order valence-electron chi connectivity index (χ1n) is 6.60. The quantitative estimate of drug-likeness (QED) is 0.538. The summed E-state index contributed by atoms with van der Waals surface area (Å²) in [5.41, 5.74) is 1.17. The van der Waals surface area contributed by atoms with Crippen LogP contribution in [0.1, 0.15) is 12.0 Å². The molecule has 1 fully saturated rings. The first-order chi connectivity index (χ1) is 8.86. The van der Waals surface area contributed by atoms with Crippen molar-refractivity contribution in [2.75, 3.05) is 39.4 Å². The predicted molar refractivity (Wildman–Crippen MR) is 75.0 cm³/mol. The molecule has 3 nitrogen and oxygen atoms in total. The molecular weight excluding hydrogens is 319 g/mol. The molecule has 20 heavy (non-hydrogen) atoms. The smallest absolute Gasteiger partial charge is 0.0594 e. The van der Waals surface area contributed by atoms with Gasteiger partial charge in [-0.2, -0.15) is 0 Å². The van der Waals surface area contributed by atoms with Gasteiger partial charge in [-0.15, -0.1) is 0 Å². The van der Waals surface area contributed by atoms with Gasteiger partial charge < -0.3 is 34.9 Å². The van der Waals surface area contributed by atoms with Gasteiger partial charge in [-0.05, 0) is 31.1 Å². The number of benzene rings is 1. The molecule has 0 amide bonds. The van der Waals surface area contributed by atoms with Crippen LogP contribution in [-0.2, 0) is 11.3 Å². The Bertz CT molecular complexity index is 360. The summed E-state index contributed by atoms with van der Waals surface area (Å²) in [6.45, 7) is 6.94. The summed E-state index contributed by atoms with van der Waals surface area (Å²) in [7, 11) is 0. The average Bonchev–Trinajstić information content (AvgIpc) is 2.42. The number of rotatable bonds is 6. The minimum Gasteiger partial charge on any atom is -1.00 e. The van der Waals surface area contributed by atoms with Crippen molar-refractivity contribution in [1.29, 1.82) is 0 Å². The van der Waals surface area contributed by atoms with E-state index in [1.807, 2.05) is 18.2 Å². The van der Waals surface area contributed by atoms with Crippen LogP contribution in [0.15, 0.2) is 24.3 Å². The molecule has 0 atom stereocenters. The normalized spacial score (nSPS) is 15.2. The van der Waals surface area contributed by atoms with Crippen molar-refractivity contribution in [3.8, 4) is 0 Å². The van der Waals surface area contributed by atoms with Gasteiger partial charge in [-0.25, -0.2) is 0 Å². The van der Waals surface area contributed by atoms with E-state index >= 15 is 0 Å². The molecule has 0 aliphatic carbocycles. The van der Waals surface area contributed by atoms with Crippen LogP contribution in [0.5, 0.6) is 0 Å². The number of nitrogens with one attached hydrogen (secondary N) is 1. The molecule has 116 valence electrons. The molecule has 1 aliphatic heterocycles. The number of hydrogen-bond acceptors (Lipinski definition) is 3. The van der Waals surface area contributed by atoms with E-state index in [4.69, 9.17) is 16.3 Å². The van der Waals surface area contributed by atoms with Crippen molar-refractivity contribution in [3.63, 3.8) is 0 Å². The van der Waals surface area contributed by atoms with Crippen molar-refractivity contribution in [2.24, 2.45) is 0 Å². The van der Waals surface area contributed by atoms with Gasteiger partial charge in [-0.3, -0.25) is 4.90 Å². The fourth-order valence-corrected chi connectivity index (χ4v) is 2.32. The van der Waals surface area contributed by atoms with E-state index in [-0.39, 0.29) is 24.8 Å². The molecule has 1 aromatic rings. The number of nitrogens with zero attached hydrogens (tertiary/aromatic N) is 1. The Morgan fingerprint density at radius 1 is 1.15 bits per heavy atom. The molecule has 1 heterocycles. The standard InChI is InChI=1S/C14H21ClN2O.2ClH/c15-14-5-2-1-4-13(14)12-16-6-3-7-17-8-10-18-11-9-17;;/h1-2,4-5,16H,3,6-12H2;2*1H/p-2. The zero-order chi connectivity index (χ0) is 12.6. The van der Waals surface area contributed by atoms with Crippen LogP contribution in [0, 0.1) is 0 Å². The molecule has 6 heteroatoms. The largest absolute Gasteiger partial charge is 1.00 e. The van der Waals surface area contributed by atoms with Gasteiger partial charge in [0.2, 0.25) is 0 Å². The highest BCUT2D eigenvalue weighted by Crippen LogP contribution is 2.14. The van der Waals surface area contributed by atoms with Crippen molar-refractivity contribution >= 4 is 11.6 Å². The Balaban J connectivity index is 0.00000180. The van der Waals surface area contributed by atoms with Gasteiger partial charge in [0, 0.05) is 24.7 Å². The molecule has 2 rings (SSSR count). The Morgan fingerprint density at radius 3 is 2.55 bits per heavy atom. The van der Waals surface area contributed by atoms with E-state index in [2.05, 4.69) is 16.3 Å². The Kier molecular flexibility index (Phi) is 11.6. The molecule has 0 aromatic heterocycles. The number of morpholine rings is 1. The molecule has 0 radical (unpaired) electrons. The molecule has 0 unspecified atom stereocenters. The van der Waals surface area contributed by atoms with Crippen molar-refractivity contribution in [1.82, 2.24) is 10.2 Å². The highest BCUT2D eigenvalue weighted by atomic mass is 35.5. The third kappa shape index (κ3) is 7.11. The van der Waals surface area contributed by atoms with Crippen LogP contribution in [-0.4, -0.2) is 44.3 Å². The minimum atomic E-state index is 0. The number of hydrogen-bond donors (Lipinski definition) is 1. The van der Waals surface area contributed by atoms with E-state index in [0.717, 1.165) is 51.0 Å². The minimum absolute atomic E-state index is 0. The first kappa shape index (κ1) is 20.0. The maximum Gasteiger partial charge on any atom is 0.0594 e. The third-order valence-electron chi connectivity index (χ3n) is 3.20. The fraction of sp³-hybridized carbons (Fsp3) is 0.571. The monoisotopic (exact) mass is 338 g/mol. The molecule has 1 N–H and O–H groups in total. The second kappa shape index (κ2) is 11.6. The summed E-state index contributed by atoms with van der Waals surface area (Å²) in [4.78, 5) is 2.46. The summed E-state index contributed by atoms with van der Waals surface area (Å²) in [6.07, 6.45) is 1.17.